The fourth-order valence-electron chi connectivity index (χ4n) is 3.05. The molecule has 1 aromatic heterocycles. The van der Waals surface area contributed by atoms with E-state index in [1.807, 2.05) is 6.92 Å². The molecule has 21 heavy (non-hydrogen) atoms. The second kappa shape index (κ2) is 7.01. The van der Waals surface area contributed by atoms with Gasteiger partial charge in [-0.2, -0.15) is 0 Å². The Morgan fingerprint density at radius 1 is 1.14 bits per heavy atom. The maximum atomic E-state index is 4.54. The molecule has 0 aliphatic carbocycles. The van der Waals surface area contributed by atoms with E-state index in [9.17, 15) is 0 Å². The summed E-state index contributed by atoms with van der Waals surface area (Å²) in [6.07, 6.45) is 4.02. The number of nitrogens with zero attached hydrogens (tertiary/aromatic N) is 2. The second-order valence-electron chi connectivity index (χ2n) is 6.06. The highest BCUT2D eigenvalue weighted by atomic mass is 15.1. The molecule has 0 saturated carbocycles. The summed E-state index contributed by atoms with van der Waals surface area (Å²) in [7, 11) is 0. The van der Waals surface area contributed by atoms with E-state index in [2.05, 4.69) is 45.5 Å². The molecule has 3 nitrogen and oxygen atoms in total. The fourth-order valence-corrected chi connectivity index (χ4v) is 3.05. The zero-order chi connectivity index (χ0) is 14.5. The first kappa shape index (κ1) is 14.5. The van der Waals surface area contributed by atoms with Gasteiger partial charge in [0, 0.05) is 17.6 Å². The Morgan fingerprint density at radius 3 is 2.86 bits per heavy atom. The summed E-state index contributed by atoms with van der Waals surface area (Å²) in [5.74, 6) is 0. The first-order valence-electron chi connectivity index (χ1n) is 8.11. The number of hydrogen-bond acceptors (Lipinski definition) is 3. The SMILES string of the molecule is Cc1ccc2cc(CNCCCN3CCCC3)ccc2n1. The van der Waals surface area contributed by atoms with Crippen LogP contribution in [0.2, 0.25) is 0 Å². The van der Waals surface area contributed by atoms with Gasteiger partial charge in [0.1, 0.15) is 0 Å². The van der Waals surface area contributed by atoms with Crippen molar-refractivity contribution in [3.05, 3.63) is 41.6 Å². The number of benzene rings is 1. The van der Waals surface area contributed by atoms with Crippen LogP contribution in [0.3, 0.4) is 0 Å². The topological polar surface area (TPSA) is 28.2 Å². The molecule has 0 amide bonds. The van der Waals surface area contributed by atoms with Crippen molar-refractivity contribution in [1.82, 2.24) is 15.2 Å². The highest BCUT2D eigenvalue weighted by Gasteiger charge is 2.09. The van der Waals surface area contributed by atoms with E-state index >= 15 is 0 Å². The third-order valence-electron chi connectivity index (χ3n) is 4.25. The molecular formula is C18H25N3. The highest BCUT2D eigenvalue weighted by molar-refractivity contribution is 5.79. The molecule has 3 heteroatoms. The average Bonchev–Trinajstić information content (AvgIpc) is 3.00. The third-order valence-corrected chi connectivity index (χ3v) is 4.25. The molecule has 2 aromatic rings. The number of fused-ring (bicyclic) bond motifs is 1. The van der Waals surface area contributed by atoms with Crippen LogP contribution < -0.4 is 5.32 Å². The maximum absolute atomic E-state index is 4.54. The lowest BCUT2D eigenvalue weighted by Gasteiger charge is -2.14. The zero-order valence-corrected chi connectivity index (χ0v) is 12.9. The van der Waals surface area contributed by atoms with Crippen molar-refractivity contribution in [2.45, 2.75) is 32.7 Å². The normalized spacial score (nSPS) is 15.9. The van der Waals surface area contributed by atoms with Crippen molar-refractivity contribution in [3.8, 4) is 0 Å². The number of nitrogens with one attached hydrogen (secondary N) is 1. The summed E-state index contributed by atoms with van der Waals surface area (Å²) in [6, 6.07) is 10.8. The summed E-state index contributed by atoms with van der Waals surface area (Å²) in [4.78, 5) is 7.12. The van der Waals surface area contributed by atoms with E-state index in [1.165, 1.54) is 49.8 Å². The molecule has 1 aliphatic heterocycles. The first-order chi connectivity index (χ1) is 10.3. The number of aromatic nitrogens is 1. The van der Waals surface area contributed by atoms with Crippen LogP contribution in [0, 0.1) is 6.92 Å². The smallest absolute Gasteiger partial charge is 0.0705 e. The number of aryl methyl sites for hydroxylation is 1. The first-order valence-corrected chi connectivity index (χ1v) is 8.11. The van der Waals surface area contributed by atoms with Crippen LogP contribution in [0.15, 0.2) is 30.3 Å². The van der Waals surface area contributed by atoms with Crippen LogP contribution in [0.4, 0.5) is 0 Å². The van der Waals surface area contributed by atoms with Gasteiger partial charge in [-0.05, 0) is 76.1 Å². The van der Waals surface area contributed by atoms with Crippen LogP contribution >= 0.6 is 0 Å². The molecule has 112 valence electrons. The van der Waals surface area contributed by atoms with E-state index in [0.29, 0.717) is 0 Å². The summed E-state index contributed by atoms with van der Waals surface area (Å²) < 4.78 is 0. The van der Waals surface area contributed by atoms with Gasteiger partial charge < -0.3 is 10.2 Å². The molecule has 0 atom stereocenters. The molecule has 1 aliphatic rings. The van der Waals surface area contributed by atoms with Gasteiger partial charge in [-0.3, -0.25) is 4.98 Å². The largest absolute Gasteiger partial charge is 0.313 e. The minimum atomic E-state index is 0.948. The maximum Gasteiger partial charge on any atom is 0.0705 e. The molecule has 3 rings (SSSR count). The molecule has 1 saturated heterocycles. The third kappa shape index (κ3) is 4.02. The molecule has 0 bridgehead atoms. The average molecular weight is 283 g/mol. The minimum absolute atomic E-state index is 0.948. The van der Waals surface area contributed by atoms with Crippen LogP contribution in [-0.4, -0.2) is 36.1 Å². The number of hydrogen-bond donors (Lipinski definition) is 1. The van der Waals surface area contributed by atoms with Crippen LogP contribution in [0.1, 0.15) is 30.5 Å². The predicted octanol–water partition coefficient (Wildman–Crippen LogP) is 3.12. The predicted molar refractivity (Wildman–Crippen MR) is 88.5 cm³/mol. The molecule has 0 unspecified atom stereocenters. The lowest BCUT2D eigenvalue weighted by molar-refractivity contribution is 0.331. The Hall–Kier alpha value is -1.45. The van der Waals surface area contributed by atoms with E-state index in [-0.39, 0.29) is 0 Å². The van der Waals surface area contributed by atoms with Crippen LogP contribution in [0.5, 0.6) is 0 Å². The van der Waals surface area contributed by atoms with E-state index in [0.717, 1.165) is 24.3 Å². The number of pyridine rings is 1. The van der Waals surface area contributed by atoms with Crippen LogP contribution in [0.25, 0.3) is 10.9 Å². The molecule has 1 aromatic carbocycles. The molecule has 0 spiro atoms. The van der Waals surface area contributed by atoms with E-state index < -0.39 is 0 Å². The lowest BCUT2D eigenvalue weighted by atomic mass is 10.1. The van der Waals surface area contributed by atoms with Crippen molar-refractivity contribution >= 4 is 10.9 Å². The van der Waals surface area contributed by atoms with Crippen molar-refractivity contribution in [1.29, 1.82) is 0 Å². The van der Waals surface area contributed by atoms with Gasteiger partial charge in [-0.25, -0.2) is 0 Å². The van der Waals surface area contributed by atoms with Gasteiger partial charge in [0.25, 0.3) is 0 Å². The summed E-state index contributed by atoms with van der Waals surface area (Å²) in [5, 5.41) is 4.79. The van der Waals surface area contributed by atoms with Crippen LogP contribution in [-0.2, 0) is 6.54 Å². The van der Waals surface area contributed by atoms with Crippen molar-refractivity contribution in [2.24, 2.45) is 0 Å². The van der Waals surface area contributed by atoms with Gasteiger partial charge in [0.05, 0.1) is 5.52 Å². The van der Waals surface area contributed by atoms with Gasteiger partial charge in [0.15, 0.2) is 0 Å². The molecule has 1 N–H and O–H groups in total. The Balaban J connectivity index is 1.45. The lowest BCUT2D eigenvalue weighted by Crippen LogP contribution is -2.24. The van der Waals surface area contributed by atoms with Gasteiger partial charge in [-0.15, -0.1) is 0 Å². The monoisotopic (exact) mass is 283 g/mol. The summed E-state index contributed by atoms with van der Waals surface area (Å²) in [6.45, 7) is 7.93. The highest BCUT2D eigenvalue weighted by Crippen LogP contribution is 2.14. The number of rotatable bonds is 6. The van der Waals surface area contributed by atoms with Crippen molar-refractivity contribution in [2.75, 3.05) is 26.2 Å². The zero-order valence-electron chi connectivity index (χ0n) is 12.9. The fraction of sp³-hybridized carbons (Fsp3) is 0.500. The van der Waals surface area contributed by atoms with Crippen molar-refractivity contribution < 1.29 is 0 Å². The number of likely N-dealkylation sites (tertiary alicyclic amines) is 1. The summed E-state index contributed by atoms with van der Waals surface area (Å²) in [5.41, 5.74) is 3.51. The van der Waals surface area contributed by atoms with E-state index in [1.54, 1.807) is 0 Å². The van der Waals surface area contributed by atoms with Gasteiger partial charge in [0.2, 0.25) is 0 Å². The molecule has 1 fully saturated rings. The van der Waals surface area contributed by atoms with Crippen molar-refractivity contribution in [3.63, 3.8) is 0 Å². The Bertz CT molecular complexity index is 588. The Morgan fingerprint density at radius 2 is 2.00 bits per heavy atom. The quantitative estimate of drug-likeness (QED) is 0.826. The van der Waals surface area contributed by atoms with E-state index in [4.69, 9.17) is 0 Å². The molecule has 0 radical (unpaired) electrons. The molecule has 2 heterocycles. The van der Waals surface area contributed by atoms with Gasteiger partial charge in [-0.1, -0.05) is 12.1 Å². The second-order valence-corrected chi connectivity index (χ2v) is 6.06. The Labute approximate surface area is 127 Å². The van der Waals surface area contributed by atoms with Gasteiger partial charge >= 0.3 is 0 Å². The standard InChI is InChI=1S/C18H25N3/c1-15-5-7-17-13-16(6-8-18(17)20-15)14-19-9-4-12-21-10-2-3-11-21/h5-8,13,19H,2-4,9-12,14H2,1H3. The minimum Gasteiger partial charge on any atom is -0.313 e. The summed E-state index contributed by atoms with van der Waals surface area (Å²) >= 11 is 0. The Kier molecular flexibility index (Phi) is 4.84. The molecular weight excluding hydrogens is 258 g/mol.